The van der Waals surface area contributed by atoms with Gasteiger partial charge in [-0.2, -0.15) is 5.26 Å². The number of halogens is 1. The van der Waals surface area contributed by atoms with Crippen LogP contribution in [-0.4, -0.2) is 19.3 Å². The highest BCUT2D eigenvalue weighted by molar-refractivity contribution is 9.10. The fourth-order valence-electron chi connectivity index (χ4n) is 2.22. The molecule has 1 saturated carbocycles. The molecule has 1 N–H and O–H groups in total. The van der Waals surface area contributed by atoms with Crippen molar-refractivity contribution in [3.05, 3.63) is 28.2 Å². The number of benzene rings is 1. The molecule has 0 heterocycles. The number of nitriles is 1. The summed E-state index contributed by atoms with van der Waals surface area (Å²) in [6, 6.07) is 8.34. The number of hydrogen-bond donors (Lipinski definition) is 1. The molecule has 0 spiro atoms. The molecule has 0 bridgehead atoms. The molecule has 0 amide bonds. The minimum atomic E-state index is 0.384. The van der Waals surface area contributed by atoms with E-state index in [0.29, 0.717) is 17.7 Å². The summed E-state index contributed by atoms with van der Waals surface area (Å²) < 4.78 is 6.19. The van der Waals surface area contributed by atoms with Gasteiger partial charge in [-0.15, -0.1) is 0 Å². The molecule has 1 aromatic carbocycles. The van der Waals surface area contributed by atoms with E-state index in [2.05, 4.69) is 27.3 Å². The van der Waals surface area contributed by atoms with Gasteiger partial charge in [-0.25, -0.2) is 0 Å². The van der Waals surface area contributed by atoms with E-state index in [4.69, 9.17) is 10.00 Å². The number of rotatable bonds is 3. The Kier molecular flexibility index (Phi) is 4.03. The highest BCUT2D eigenvalue weighted by Gasteiger charge is 2.24. The monoisotopic (exact) mass is 294 g/mol. The van der Waals surface area contributed by atoms with Crippen LogP contribution >= 0.6 is 15.9 Å². The zero-order valence-electron chi connectivity index (χ0n) is 9.74. The fourth-order valence-corrected chi connectivity index (χ4v) is 2.68. The van der Waals surface area contributed by atoms with Crippen molar-refractivity contribution < 1.29 is 4.74 Å². The topological polar surface area (TPSA) is 45.0 Å². The molecule has 0 radical (unpaired) electrons. The van der Waals surface area contributed by atoms with E-state index in [-0.39, 0.29) is 0 Å². The van der Waals surface area contributed by atoms with Gasteiger partial charge in [0.05, 0.1) is 11.7 Å². The van der Waals surface area contributed by atoms with Crippen LogP contribution in [0.3, 0.4) is 0 Å². The van der Waals surface area contributed by atoms with Crippen molar-refractivity contribution in [2.45, 2.75) is 31.4 Å². The Morgan fingerprint density at radius 2 is 2.29 bits per heavy atom. The summed E-state index contributed by atoms with van der Waals surface area (Å²) >= 11 is 3.40. The predicted molar refractivity (Wildman–Crippen MR) is 70.9 cm³/mol. The molecular weight excluding hydrogens is 280 g/mol. The first-order valence-corrected chi connectivity index (χ1v) is 6.51. The van der Waals surface area contributed by atoms with E-state index in [1.54, 1.807) is 7.11 Å². The van der Waals surface area contributed by atoms with Crippen LogP contribution in [0, 0.1) is 11.3 Å². The van der Waals surface area contributed by atoms with Crippen LogP contribution in [0.15, 0.2) is 22.7 Å². The molecule has 1 fully saturated rings. The van der Waals surface area contributed by atoms with Gasteiger partial charge >= 0.3 is 0 Å². The van der Waals surface area contributed by atoms with Crippen LogP contribution in [0.2, 0.25) is 0 Å². The largest absolute Gasteiger partial charge is 0.382 e. The molecule has 0 aliphatic heterocycles. The van der Waals surface area contributed by atoms with Crippen LogP contribution in [0.25, 0.3) is 0 Å². The Morgan fingerprint density at radius 3 is 2.88 bits per heavy atom. The SMILES string of the molecule is COC1CCC(Nc2ccc(C#N)c(Br)c2)C1. The van der Waals surface area contributed by atoms with Gasteiger partial charge in [0.2, 0.25) is 0 Å². The molecule has 17 heavy (non-hydrogen) atoms. The lowest BCUT2D eigenvalue weighted by Crippen LogP contribution is -2.17. The average Bonchev–Trinajstić information content (AvgIpc) is 2.77. The third-order valence-corrected chi connectivity index (χ3v) is 3.83. The first-order valence-electron chi connectivity index (χ1n) is 5.72. The van der Waals surface area contributed by atoms with Crippen LogP contribution in [-0.2, 0) is 4.74 Å². The second-order valence-electron chi connectivity index (χ2n) is 4.32. The fraction of sp³-hybridized carbons (Fsp3) is 0.462. The maximum Gasteiger partial charge on any atom is 0.100 e. The van der Waals surface area contributed by atoms with Crippen LogP contribution in [0.1, 0.15) is 24.8 Å². The zero-order valence-corrected chi connectivity index (χ0v) is 11.3. The number of nitrogens with one attached hydrogen (secondary N) is 1. The van der Waals surface area contributed by atoms with Crippen molar-refractivity contribution in [2.75, 3.05) is 12.4 Å². The molecule has 1 aliphatic rings. The molecular formula is C13H15BrN2O. The summed E-state index contributed by atoms with van der Waals surface area (Å²) in [6.07, 6.45) is 3.69. The molecule has 0 aromatic heterocycles. The van der Waals surface area contributed by atoms with Crippen molar-refractivity contribution in [3.63, 3.8) is 0 Å². The zero-order chi connectivity index (χ0) is 12.3. The molecule has 2 atom stereocenters. The average molecular weight is 295 g/mol. The number of methoxy groups -OCH3 is 1. The Balaban J connectivity index is 2.00. The minimum absolute atomic E-state index is 0.384. The second-order valence-corrected chi connectivity index (χ2v) is 5.17. The highest BCUT2D eigenvalue weighted by Crippen LogP contribution is 2.27. The standard InChI is InChI=1S/C13H15BrN2O/c1-17-12-5-4-10(6-12)16-11-3-2-9(8-15)13(14)7-11/h2-3,7,10,12,16H,4-6H2,1H3. The Labute approximate surface area is 110 Å². The van der Waals surface area contributed by atoms with Gasteiger partial charge in [-0.3, -0.25) is 0 Å². The van der Waals surface area contributed by atoms with Gasteiger partial charge < -0.3 is 10.1 Å². The summed E-state index contributed by atoms with van der Waals surface area (Å²) in [5.41, 5.74) is 1.72. The second kappa shape index (κ2) is 5.52. The highest BCUT2D eigenvalue weighted by atomic mass is 79.9. The molecule has 90 valence electrons. The Morgan fingerprint density at radius 1 is 1.47 bits per heavy atom. The first kappa shape index (κ1) is 12.4. The van der Waals surface area contributed by atoms with E-state index in [9.17, 15) is 0 Å². The van der Waals surface area contributed by atoms with Crippen LogP contribution in [0.5, 0.6) is 0 Å². The van der Waals surface area contributed by atoms with Gasteiger partial charge in [0.25, 0.3) is 0 Å². The third-order valence-electron chi connectivity index (χ3n) is 3.18. The van der Waals surface area contributed by atoms with Gasteiger partial charge in [0.1, 0.15) is 6.07 Å². The maximum absolute atomic E-state index is 8.84. The van der Waals surface area contributed by atoms with E-state index in [1.165, 1.54) is 0 Å². The van der Waals surface area contributed by atoms with Crippen LogP contribution < -0.4 is 5.32 Å². The lowest BCUT2D eigenvalue weighted by atomic mass is 10.2. The molecule has 2 unspecified atom stereocenters. The molecule has 0 saturated heterocycles. The van der Waals surface area contributed by atoms with Gasteiger partial charge in [0.15, 0.2) is 0 Å². The molecule has 1 aromatic rings. The summed E-state index contributed by atoms with van der Waals surface area (Å²) in [6.45, 7) is 0. The van der Waals surface area contributed by atoms with Gasteiger partial charge in [-0.05, 0) is 53.4 Å². The van der Waals surface area contributed by atoms with Gasteiger partial charge in [-0.1, -0.05) is 0 Å². The third kappa shape index (κ3) is 2.99. The van der Waals surface area contributed by atoms with Crippen molar-refractivity contribution in [3.8, 4) is 6.07 Å². The van der Waals surface area contributed by atoms with E-state index < -0.39 is 0 Å². The smallest absolute Gasteiger partial charge is 0.100 e. The summed E-state index contributed by atoms with van der Waals surface area (Å²) in [5, 5.41) is 12.3. The number of anilines is 1. The number of ether oxygens (including phenoxy) is 1. The summed E-state index contributed by atoms with van der Waals surface area (Å²) in [5.74, 6) is 0. The minimum Gasteiger partial charge on any atom is -0.382 e. The molecule has 3 nitrogen and oxygen atoms in total. The van der Waals surface area contributed by atoms with Crippen LogP contribution in [0.4, 0.5) is 5.69 Å². The summed E-state index contributed by atoms with van der Waals surface area (Å²) in [4.78, 5) is 0. The van der Waals surface area contributed by atoms with Crippen molar-refractivity contribution in [1.82, 2.24) is 0 Å². The molecule has 1 aliphatic carbocycles. The Hall–Kier alpha value is -1.05. The van der Waals surface area contributed by atoms with Crippen molar-refractivity contribution in [1.29, 1.82) is 5.26 Å². The Bertz CT molecular complexity index is 442. The number of hydrogen-bond acceptors (Lipinski definition) is 3. The van der Waals surface area contributed by atoms with Crippen molar-refractivity contribution >= 4 is 21.6 Å². The molecule has 4 heteroatoms. The normalized spacial score (nSPS) is 23.4. The van der Waals surface area contributed by atoms with E-state index in [1.807, 2.05) is 18.2 Å². The molecule has 2 rings (SSSR count). The quantitative estimate of drug-likeness (QED) is 0.930. The predicted octanol–water partition coefficient (Wildman–Crippen LogP) is 3.30. The van der Waals surface area contributed by atoms with Crippen molar-refractivity contribution in [2.24, 2.45) is 0 Å². The number of nitrogens with zero attached hydrogens (tertiary/aromatic N) is 1. The van der Waals surface area contributed by atoms with Gasteiger partial charge in [0, 0.05) is 23.3 Å². The van der Waals surface area contributed by atoms with E-state index >= 15 is 0 Å². The lowest BCUT2D eigenvalue weighted by molar-refractivity contribution is 0.108. The summed E-state index contributed by atoms with van der Waals surface area (Å²) in [7, 11) is 1.77. The lowest BCUT2D eigenvalue weighted by Gasteiger charge is -2.14. The maximum atomic E-state index is 8.84. The van der Waals surface area contributed by atoms with E-state index in [0.717, 1.165) is 29.4 Å². The first-order chi connectivity index (χ1) is 8.22.